The SMILES string of the molecule is CN(C)C(=O)c1cc(N(CCO)C2CC2)ccn1. The molecule has 0 unspecified atom stereocenters. The highest BCUT2D eigenvalue weighted by molar-refractivity contribution is 5.92. The predicted octanol–water partition coefficient (Wildman–Crippen LogP) is 0.744. The fourth-order valence-electron chi connectivity index (χ4n) is 1.96. The van der Waals surface area contributed by atoms with Crippen LogP contribution in [0, 0.1) is 0 Å². The number of aliphatic hydroxyl groups excluding tert-OH is 1. The minimum Gasteiger partial charge on any atom is -0.395 e. The Labute approximate surface area is 107 Å². The molecule has 0 saturated heterocycles. The Morgan fingerprint density at radius 2 is 2.22 bits per heavy atom. The smallest absolute Gasteiger partial charge is 0.272 e. The predicted molar refractivity (Wildman–Crippen MR) is 69.7 cm³/mol. The molecule has 5 nitrogen and oxygen atoms in total. The second kappa shape index (κ2) is 5.35. The molecule has 0 bridgehead atoms. The summed E-state index contributed by atoms with van der Waals surface area (Å²) in [6, 6.07) is 4.19. The van der Waals surface area contributed by atoms with Gasteiger partial charge in [0.2, 0.25) is 0 Å². The Bertz CT molecular complexity index is 430. The highest BCUT2D eigenvalue weighted by Crippen LogP contribution is 2.31. The van der Waals surface area contributed by atoms with Crippen LogP contribution in [0.2, 0.25) is 0 Å². The maximum atomic E-state index is 11.9. The van der Waals surface area contributed by atoms with Gasteiger partial charge in [0.05, 0.1) is 6.61 Å². The number of rotatable bonds is 5. The van der Waals surface area contributed by atoms with Crippen molar-refractivity contribution < 1.29 is 9.90 Å². The molecule has 0 aliphatic heterocycles. The number of hydrogen-bond acceptors (Lipinski definition) is 4. The van der Waals surface area contributed by atoms with Crippen LogP contribution in [0.5, 0.6) is 0 Å². The van der Waals surface area contributed by atoms with Gasteiger partial charge in [0.15, 0.2) is 0 Å². The Balaban J connectivity index is 2.22. The number of aromatic nitrogens is 1. The summed E-state index contributed by atoms with van der Waals surface area (Å²) in [6.45, 7) is 0.722. The van der Waals surface area contributed by atoms with E-state index in [4.69, 9.17) is 5.11 Å². The molecule has 0 radical (unpaired) electrons. The van der Waals surface area contributed by atoms with Crippen molar-refractivity contribution in [2.24, 2.45) is 0 Å². The van der Waals surface area contributed by atoms with Crippen molar-refractivity contribution in [2.75, 3.05) is 32.1 Å². The molecule has 1 aromatic rings. The second-order valence-electron chi connectivity index (χ2n) is 4.75. The third-order valence-corrected chi connectivity index (χ3v) is 3.03. The monoisotopic (exact) mass is 249 g/mol. The lowest BCUT2D eigenvalue weighted by Crippen LogP contribution is -2.29. The number of pyridine rings is 1. The summed E-state index contributed by atoms with van der Waals surface area (Å²) in [7, 11) is 3.42. The lowest BCUT2D eigenvalue weighted by Gasteiger charge is -2.24. The van der Waals surface area contributed by atoms with Gasteiger partial charge in [-0.3, -0.25) is 9.78 Å². The first-order valence-electron chi connectivity index (χ1n) is 6.18. The van der Waals surface area contributed by atoms with Crippen molar-refractivity contribution in [1.82, 2.24) is 9.88 Å². The van der Waals surface area contributed by atoms with Gasteiger partial charge in [-0.1, -0.05) is 0 Å². The standard InChI is InChI=1S/C13H19N3O2/c1-15(2)13(18)12-9-11(5-6-14-12)16(7-8-17)10-3-4-10/h5-6,9-10,17H,3-4,7-8H2,1-2H3. The molecule has 0 aromatic carbocycles. The van der Waals surface area contributed by atoms with Gasteiger partial charge in [0, 0.05) is 38.6 Å². The summed E-state index contributed by atoms with van der Waals surface area (Å²) < 4.78 is 0. The second-order valence-corrected chi connectivity index (χ2v) is 4.75. The van der Waals surface area contributed by atoms with E-state index in [2.05, 4.69) is 9.88 Å². The van der Waals surface area contributed by atoms with Crippen LogP contribution in [-0.2, 0) is 0 Å². The van der Waals surface area contributed by atoms with Crippen LogP contribution in [0.3, 0.4) is 0 Å². The van der Waals surface area contributed by atoms with Crippen molar-refractivity contribution in [2.45, 2.75) is 18.9 Å². The van der Waals surface area contributed by atoms with E-state index in [0.29, 0.717) is 18.3 Å². The lowest BCUT2D eigenvalue weighted by atomic mass is 10.2. The van der Waals surface area contributed by atoms with Gasteiger partial charge in [-0.05, 0) is 25.0 Å². The first kappa shape index (κ1) is 12.8. The largest absolute Gasteiger partial charge is 0.395 e. The molecule has 2 rings (SSSR count). The molecule has 1 amide bonds. The number of carbonyl (C=O) groups excluding carboxylic acids is 1. The fraction of sp³-hybridized carbons (Fsp3) is 0.538. The van der Waals surface area contributed by atoms with E-state index in [0.717, 1.165) is 18.5 Å². The van der Waals surface area contributed by atoms with Crippen molar-refractivity contribution >= 4 is 11.6 Å². The van der Waals surface area contributed by atoms with Crippen molar-refractivity contribution in [3.8, 4) is 0 Å². The van der Waals surface area contributed by atoms with Crippen LogP contribution < -0.4 is 4.90 Å². The van der Waals surface area contributed by atoms with Gasteiger partial charge in [-0.25, -0.2) is 0 Å². The van der Waals surface area contributed by atoms with Gasteiger partial charge < -0.3 is 14.9 Å². The number of nitrogens with zero attached hydrogens (tertiary/aromatic N) is 3. The molecule has 1 heterocycles. The third-order valence-electron chi connectivity index (χ3n) is 3.03. The average Bonchev–Trinajstić information content (AvgIpc) is 3.19. The zero-order chi connectivity index (χ0) is 13.1. The summed E-state index contributed by atoms with van der Waals surface area (Å²) in [6.07, 6.45) is 3.96. The normalized spacial score (nSPS) is 14.4. The van der Waals surface area contributed by atoms with Crippen LogP contribution in [0.15, 0.2) is 18.3 Å². The molecule has 98 valence electrons. The topological polar surface area (TPSA) is 56.7 Å². The average molecular weight is 249 g/mol. The van der Waals surface area contributed by atoms with E-state index in [-0.39, 0.29) is 12.5 Å². The molecule has 1 aromatic heterocycles. The molecule has 1 N–H and O–H groups in total. The Morgan fingerprint density at radius 1 is 1.50 bits per heavy atom. The van der Waals surface area contributed by atoms with Gasteiger partial charge in [-0.2, -0.15) is 0 Å². The van der Waals surface area contributed by atoms with Gasteiger partial charge in [0.25, 0.3) is 5.91 Å². The van der Waals surface area contributed by atoms with Crippen molar-refractivity contribution in [3.05, 3.63) is 24.0 Å². The highest BCUT2D eigenvalue weighted by Gasteiger charge is 2.29. The van der Waals surface area contributed by atoms with Gasteiger partial charge >= 0.3 is 0 Å². The number of aliphatic hydroxyl groups is 1. The molecule has 5 heteroatoms. The summed E-state index contributed by atoms with van der Waals surface area (Å²) in [5.41, 5.74) is 1.41. The maximum Gasteiger partial charge on any atom is 0.272 e. The minimum atomic E-state index is -0.100. The number of hydrogen-bond donors (Lipinski definition) is 1. The first-order valence-corrected chi connectivity index (χ1v) is 6.18. The van der Waals surface area contributed by atoms with Gasteiger partial charge in [0.1, 0.15) is 5.69 Å². The highest BCUT2D eigenvalue weighted by atomic mass is 16.3. The van der Waals surface area contributed by atoms with E-state index < -0.39 is 0 Å². The summed E-state index contributed by atoms with van der Waals surface area (Å²) >= 11 is 0. The zero-order valence-corrected chi connectivity index (χ0v) is 10.8. The molecule has 18 heavy (non-hydrogen) atoms. The number of anilines is 1. The van der Waals surface area contributed by atoms with Crippen LogP contribution in [-0.4, -0.2) is 54.2 Å². The van der Waals surface area contributed by atoms with E-state index in [1.807, 2.05) is 6.07 Å². The van der Waals surface area contributed by atoms with E-state index >= 15 is 0 Å². The molecule has 1 aliphatic carbocycles. The molecule has 0 spiro atoms. The molecule has 0 atom stereocenters. The van der Waals surface area contributed by atoms with Crippen LogP contribution in [0.4, 0.5) is 5.69 Å². The quantitative estimate of drug-likeness (QED) is 0.836. The minimum absolute atomic E-state index is 0.100. The van der Waals surface area contributed by atoms with Crippen molar-refractivity contribution in [1.29, 1.82) is 0 Å². The molecule has 1 saturated carbocycles. The van der Waals surface area contributed by atoms with E-state index in [1.165, 1.54) is 4.90 Å². The van der Waals surface area contributed by atoms with E-state index in [1.54, 1.807) is 26.4 Å². The fourth-order valence-corrected chi connectivity index (χ4v) is 1.96. The Hall–Kier alpha value is -1.62. The summed E-state index contributed by atoms with van der Waals surface area (Å²) in [4.78, 5) is 19.6. The van der Waals surface area contributed by atoms with Crippen LogP contribution in [0.25, 0.3) is 0 Å². The molecular formula is C13H19N3O2. The van der Waals surface area contributed by atoms with Crippen molar-refractivity contribution in [3.63, 3.8) is 0 Å². The number of carbonyl (C=O) groups is 1. The van der Waals surface area contributed by atoms with Gasteiger partial charge in [-0.15, -0.1) is 0 Å². The zero-order valence-electron chi connectivity index (χ0n) is 10.8. The molecule has 1 fully saturated rings. The third kappa shape index (κ3) is 2.79. The summed E-state index contributed by atoms with van der Waals surface area (Å²) in [5.74, 6) is -0.100. The first-order chi connectivity index (χ1) is 8.63. The lowest BCUT2D eigenvalue weighted by molar-refractivity contribution is 0.0822. The Morgan fingerprint density at radius 3 is 2.78 bits per heavy atom. The summed E-state index contributed by atoms with van der Waals surface area (Å²) in [5, 5.41) is 9.11. The number of amides is 1. The molecular weight excluding hydrogens is 230 g/mol. The van der Waals surface area contributed by atoms with Crippen LogP contribution in [0.1, 0.15) is 23.3 Å². The Kier molecular flexibility index (Phi) is 3.81. The van der Waals surface area contributed by atoms with Crippen LogP contribution >= 0.6 is 0 Å². The maximum absolute atomic E-state index is 11.9. The molecule has 1 aliphatic rings. The van der Waals surface area contributed by atoms with E-state index in [9.17, 15) is 4.79 Å².